The number of hydrogen-bond acceptors (Lipinski definition) is 2. The molecule has 1 fully saturated rings. The molecule has 1 N–H and O–H groups in total. The SMILES string of the molecule is CCC(C)(CNC(C)(C)C)CN1CCCC(C)(C)C1. The Hall–Kier alpha value is -0.0800. The molecule has 0 saturated carbocycles. The van der Waals surface area contributed by atoms with E-state index in [4.69, 9.17) is 0 Å². The van der Waals surface area contributed by atoms with Crippen LogP contribution >= 0.6 is 0 Å². The molecule has 0 aromatic rings. The number of rotatable bonds is 5. The first-order valence-corrected chi connectivity index (χ1v) is 8.03. The smallest absolute Gasteiger partial charge is 0.00967 e. The van der Waals surface area contributed by atoms with E-state index in [2.05, 4.69) is 58.7 Å². The van der Waals surface area contributed by atoms with Gasteiger partial charge in [-0.1, -0.05) is 27.7 Å². The van der Waals surface area contributed by atoms with Crippen LogP contribution < -0.4 is 5.32 Å². The molecule has 1 aliphatic rings. The molecule has 1 heterocycles. The minimum Gasteiger partial charge on any atom is -0.311 e. The molecule has 1 saturated heterocycles. The van der Waals surface area contributed by atoms with Crippen molar-refractivity contribution in [3.63, 3.8) is 0 Å². The predicted molar refractivity (Wildman–Crippen MR) is 85.6 cm³/mol. The Bertz CT molecular complexity index is 277. The summed E-state index contributed by atoms with van der Waals surface area (Å²) >= 11 is 0. The van der Waals surface area contributed by atoms with Crippen LogP contribution in [0.15, 0.2) is 0 Å². The van der Waals surface area contributed by atoms with Crippen LogP contribution in [-0.2, 0) is 0 Å². The van der Waals surface area contributed by atoms with Crippen LogP contribution in [0.3, 0.4) is 0 Å². The van der Waals surface area contributed by atoms with Crippen LogP contribution in [0.4, 0.5) is 0 Å². The topological polar surface area (TPSA) is 15.3 Å². The quantitative estimate of drug-likeness (QED) is 0.813. The number of hydrogen-bond donors (Lipinski definition) is 1. The van der Waals surface area contributed by atoms with Crippen molar-refractivity contribution in [2.75, 3.05) is 26.2 Å². The number of likely N-dealkylation sites (tertiary alicyclic amines) is 1. The van der Waals surface area contributed by atoms with E-state index in [1.54, 1.807) is 0 Å². The molecule has 0 amide bonds. The second kappa shape index (κ2) is 6.13. The Morgan fingerprint density at radius 1 is 1.16 bits per heavy atom. The second-order valence-electron chi connectivity index (χ2n) is 8.75. The van der Waals surface area contributed by atoms with Crippen LogP contribution in [0.2, 0.25) is 0 Å². The summed E-state index contributed by atoms with van der Waals surface area (Å²) in [5.41, 5.74) is 1.11. The fraction of sp³-hybridized carbons (Fsp3) is 1.00. The van der Waals surface area contributed by atoms with Gasteiger partial charge in [-0.15, -0.1) is 0 Å². The lowest BCUT2D eigenvalue weighted by Gasteiger charge is -2.43. The molecule has 0 radical (unpaired) electrons. The van der Waals surface area contributed by atoms with Gasteiger partial charge in [0.05, 0.1) is 0 Å². The van der Waals surface area contributed by atoms with Crippen LogP contribution in [0, 0.1) is 10.8 Å². The van der Waals surface area contributed by atoms with Gasteiger partial charge < -0.3 is 10.2 Å². The maximum atomic E-state index is 3.70. The summed E-state index contributed by atoms with van der Waals surface area (Å²) in [6, 6.07) is 0. The van der Waals surface area contributed by atoms with Crippen molar-refractivity contribution in [2.45, 2.75) is 73.3 Å². The van der Waals surface area contributed by atoms with Crippen molar-refractivity contribution >= 4 is 0 Å². The highest BCUT2D eigenvalue weighted by Gasteiger charge is 2.32. The molecule has 114 valence electrons. The van der Waals surface area contributed by atoms with E-state index in [-0.39, 0.29) is 5.54 Å². The fourth-order valence-corrected chi connectivity index (χ4v) is 2.99. The van der Waals surface area contributed by atoms with Crippen molar-refractivity contribution in [3.8, 4) is 0 Å². The molecule has 0 aliphatic carbocycles. The highest BCUT2D eigenvalue weighted by molar-refractivity contribution is 4.87. The molecule has 1 aliphatic heterocycles. The lowest BCUT2D eigenvalue weighted by molar-refractivity contribution is 0.0701. The lowest BCUT2D eigenvalue weighted by atomic mass is 9.81. The molecule has 1 unspecified atom stereocenters. The maximum Gasteiger partial charge on any atom is 0.00967 e. The Kier molecular flexibility index (Phi) is 5.48. The number of nitrogens with one attached hydrogen (secondary N) is 1. The van der Waals surface area contributed by atoms with Crippen LogP contribution in [-0.4, -0.2) is 36.6 Å². The zero-order valence-corrected chi connectivity index (χ0v) is 14.4. The van der Waals surface area contributed by atoms with E-state index in [1.807, 2.05) is 0 Å². The standard InChI is InChI=1S/C17H36N2/c1-8-17(7,12-18-15(2,3)4)14-19-11-9-10-16(5,6)13-19/h18H,8-14H2,1-7H3. The van der Waals surface area contributed by atoms with Gasteiger partial charge in [0, 0.05) is 25.2 Å². The largest absolute Gasteiger partial charge is 0.311 e. The molecular weight excluding hydrogens is 232 g/mol. The van der Waals surface area contributed by atoms with Crippen molar-refractivity contribution in [1.82, 2.24) is 10.2 Å². The molecule has 2 heteroatoms. The number of piperidine rings is 1. The van der Waals surface area contributed by atoms with Gasteiger partial charge >= 0.3 is 0 Å². The van der Waals surface area contributed by atoms with E-state index in [9.17, 15) is 0 Å². The van der Waals surface area contributed by atoms with Gasteiger partial charge in [0.15, 0.2) is 0 Å². The highest BCUT2D eigenvalue weighted by atomic mass is 15.1. The van der Waals surface area contributed by atoms with Gasteiger partial charge in [-0.05, 0) is 57.4 Å². The zero-order valence-electron chi connectivity index (χ0n) is 14.4. The third-order valence-electron chi connectivity index (χ3n) is 4.48. The maximum absolute atomic E-state index is 3.70. The molecule has 19 heavy (non-hydrogen) atoms. The molecule has 0 aromatic heterocycles. The van der Waals surface area contributed by atoms with E-state index in [0.717, 1.165) is 6.54 Å². The highest BCUT2D eigenvalue weighted by Crippen LogP contribution is 2.31. The van der Waals surface area contributed by atoms with E-state index in [1.165, 1.54) is 38.9 Å². The summed E-state index contributed by atoms with van der Waals surface area (Å²) in [7, 11) is 0. The van der Waals surface area contributed by atoms with Crippen molar-refractivity contribution in [2.24, 2.45) is 10.8 Å². The second-order valence-corrected chi connectivity index (χ2v) is 8.75. The van der Waals surface area contributed by atoms with Crippen molar-refractivity contribution in [3.05, 3.63) is 0 Å². The summed E-state index contributed by atoms with van der Waals surface area (Å²) in [4.78, 5) is 2.69. The summed E-state index contributed by atoms with van der Waals surface area (Å²) in [6.07, 6.45) is 3.99. The Morgan fingerprint density at radius 3 is 2.26 bits per heavy atom. The molecule has 0 aromatic carbocycles. The Morgan fingerprint density at radius 2 is 1.79 bits per heavy atom. The minimum absolute atomic E-state index is 0.220. The average molecular weight is 268 g/mol. The predicted octanol–water partition coefficient (Wildman–Crippen LogP) is 3.91. The third kappa shape index (κ3) is 6.27. The molecular formula is C17H36N2. The van der Waals surface area contributed by atoms with E-state index in [0.29, 0.717) is 10.8 Å². The summed E-state index contributed by atoms with van der Waals surface area (Å²) < 4.78 is 0. The molecule has 0 spiro atoms. The van der Waals surface area contributed by atoms with Gasteiger partial charge in [0.25, 0.3) is 0 Å². The third-order valence-corrected chi connectivity index (χ3v) is 4.48. The molecule has 1 rings (SSSR count). The monoisotopic (exact) mass is 268 g/mol. The van der Waals surface area contributed by atoms with Crippen LogP contribution in [0.1, 0.15) is 67.7 Å². The molecule has 0 bridgehead atoms. The zero-order chi connectivity index (χ0) is 14.7. The van der Waals surface area contributed by atoms with Crippen molar-refractivity contribution < 1.29 is 0 Å². The van der Waals surface area contributed by atoms with Gasteiger partial charge in [-0.3, -0.25) is 0 Å². The summed E-state index contributed by atoms with van der Waals surface area (Å²) in [6.45, 7) is 21.3. The normalized spacial score (nSPS) is 24.2. The van der Waals surface area contributed by atoms with Gasteiger partial charge in [-0.25, -0.2) is 0 Å². The average Bonchev–Trinajstić information content (AvgIpc) is 2.24. The first-order valence-electron chi connectivity index (χ1n) is 8.03. The molecule has 1 atom stereocenters. The minimum atomic E-state index is 0.220. The van der Waals surface area contributed by atoms with Gasteiger partial charge in [0.2, 0.25) is 0 Å². The Labute approximate surface area is 121 Å². The van der Waals surface area contributed by atoms with Crippen LogP contribution in [0.5, 0.6) is 0 Å². The number of nitrogens with zero attached hydrogens (tertiary/aromatic N) is 1. The lowest BCUT2D eigenvalue weighted by Crippen LogP contribution is -2.50. The first-order chi connectivity index (χ1) is 8.55. The van der Waals surface area contributed by atoms with E-state index < -0.39 is 0 Å². The first kappa shape index (κ1) is 17.0. The Balaban J connectivity index is 2.55. The van der Waals surface area contributed by atoms with Crippen LogP contribution in [0.25, 0.3) is 0 Å². The fourth-order valence-electron chi connectivity index (χ4n) is 2.99. The van der Waals surface area contributed by atoms with Gasteiger partial charge in [-0.2, -0.15) is 0 Å². The van der Waals surface area contributed by atoms with E-state index >= 15 is 0 Å². The summed E-state index contributed by atoms with van der Waals surface area (Å²) in [5.74, 6) is 0. The van der Waals surface area contributed by atoms with Crippen molar-refractivity contribution in [1.29, 1.82) is 0 Å². The summed E-state index contributed by atoms with van der Waals surface area (Å²) in [5, 5.41) is 3.70. The van der Waals surface area contributed by atoms with Gasteiger partial charge in [0.1, 0.15) is 0 Å². The molecule has 2 nitrogen and oxygen atoms in total.